The van der Waals surface area contributed by atoms with Crippen LogP contribution >= 0.6 is 0 Å². The van der Waals surface area contributed by atoms with Gasteiger partial charge < -0.3 is 4.74 Å². The van der Waals surface area contributed by atoms with Crippen molar-refractivity contribution < 1.29 is 26.7 Å². The lowest BCUT2D eigenvalue weighted by Crippen LogP contribution is -2.25. The minimum Gasteiger partial charge on any atom is -0.378 e. The molecule has 3 aromatic carbocycles. The number of rotatable bonds is 8. The van der Waals surface area contributed by atoms with E-state index in [9.17, 15) is 17.6 Å². The SMILES string of the molecule is C=CC1CCC(CCc2ccc(-c3ccc(-c4ccc(CCC)c(F)c4)c(F)c3F)c(F)c2F)OC1. The van der Waals surface area contributed by atoms with Gasteiger partial charge in [-0.2, -0.15) is 0 Å². The second-order valence-corrected chi connectivity index (χ2v) is 9.31. The molecule has 0 spiro atoms. The number of ether oxygens (including phenoxy) is 1. The minimum atomic E-state index is -1.32. The quantitative estimate of drug-likeness (QED) is 0.222. The van der Waals surface area contributed by atoms with Crippen LogP contribution in [0.4, 0.5) is 22.0 Å². The van der Waals surface area contributed by atoms with Crippen LogP contribution in [0.3, 0.4) is 0 Å². The first-order valence-corrected chi connectivity index (χ1v) is 12.3. The lowest BCUT2D eigenvalue weighted by Gasteiger charge is -2.27. The monoisotopic (exact) mass is 500 g/mol. The molecule has 1 nitrogen and oxygen atoms in total. The molecule has 1 aliphatic heterocycles. The first kappa shape index (κ1) is 26.1. The molecule has 2 unspecified atom stereocenters. The van der Waals surface area contributed by atoms with Crippen molar-refractivity contribution in [2.45, 2.75) is 51.6 Å². The number of benzene rings is 3. The standard InChI is InChI=1S/C30H29F5O/c1-3-5-19-7-8-21(16-26(19)31)23-14-15-25(30(35)28(23)33)24-13-10-20(27(32)29(24)34)9-12-22-11-6-18(4-2)17-36-22/h4,7-8,10,13-16,18,22H,2-3,5-6,9,11-12,17H2,1H3. The second-order valence-electron chi connectivity index (χ2n) is 9.31. The Morgan fingerprint density at radius 1 is 0.806 bits per heavy atom. The van der Waals surface area contributed by atoms with Crippen LogP contribution in [0.5, 0.6) is 0 Å². The third-order valence-corrected chi connectivity index (χ3v) is 6.89. The zero-order valence-corrected chi connectivity index (χ0v) is 20.2. The summed E-state index contributed by atoms with van der Waals surface area (Å²) in [5, 5.41) is 0. The van der Waals surface area contributed by atoms with E-state index in [-0.39, 0.29) is 34.8 Å². The summed E-state index contributed by atoms with van der Waals surface area (Å²) in [6.07, 6.45) is 5.67. The topological polar surface area (TPSA) is 9.23 Å². The average molecular weight is 501 g/mol. The smallest absolute Gasteiger partial charge is 0.167 e. The predicted octanol–water partition coefficient (Wildman–Crippen LogP) is 8.58. The molecular formula is C30H29F5O. The fourth-order valence-corrected chi connectivity index (χ4v) is 4.71. The van der Waals surface area contributed by atoms with Crippen molar-refractivity contribution in [1.82, 2.24) is 0 Å². The van der Waals surface area contributed by atoms with Crippen molar-refractivity contribution in [1.29, 1.82) is 0 Å². The predicted molar refractivity (Wildman–Crippen MR) is 132 cm³/mol. The highest BCUT2D eigenvalue weighted by Crippen LogP contribution is 2.35. The van der Waals surface area contributed by atoms with Gasteiger partial charge in [0.1, 0.15) is 5.82 Å². The summed E-state index contributed by atoms with van der Waals surface area (Å²) in [5.74, 6) is -5.05. The summed E-state index contributed by atoms with van der Waals surface area (Å²) in [7, 11) is 0. The van der Waals surface area contributed by atoms with Crippen LogP contribution in [-0.4, -0.2) is 12.7 Å². The molecule has 1 fully saturated rings. The molecule has 0 N–H and O–H groups in total. The molecule has 2 atom stereocenters. The van der Waals surface area contributed by atoms with Crippen molar-refractivity contribution in [3.05, 3.63) is 95.3 Å². The van der Waals surface area contributed by atoms with Gasteiger partial charge in [0.2, 0.25) is 0 Å². The maximum absolute atomic E-state index is 15.0. The lowest BCUT2D eigenvalue weighted by molar-refractivity contribution is -0.00789. The van der Waals surface area contributed by atoms with Crippen LogP contribution in [0, 0.1) is 35.0 Å². The van der Waals surface area contributed by atoms with E-state index in [1.54, 1.807) is 6.07 Å². The Kier molecular flexibility index (Phi) is 8.24. The first-order valence-electron chi connectivity index (χ1n) is 12.3. The Balaban J connectivity index is 1.55. The van der Waals surface area contributed by atoms with Gasteiger partial charge in [0, 0.05) is 22.6 Å². The highest BCUT2D eigenvalue weighted by atomic mass is 19.2. The van der Waals surface area contributed by atoms with E-state index in [0.717, 1.165) is 25.3 Å². The highest BCUT2D eigenvalue weighted by Gasteiger charge is 2.23. The molecular weight excluding hydrogens is 471 g/mol. The number of hydrogen-bond donors (Lipinski definition) is 0. The third kappa shape index (κ3) is 5.39. The van der Waals surface area contributed by atoms with Gasteiger partial charge in [-0.15, -0.1) is 6.58 Å². The Bertz CT molecular complexity index is 1240. The van der Waals surface area contributed by atoms with E-state index in [1.165, 1.54) is 30.3 Å². The molecule has 0 amide bonds. The minimum absolute atomic E-state index is 0.0386. The summed E-state index contributed by atoms with van der Waals surface area (Å²) >= 11 is 0. The van der Waals surface area contributed by atoms with E-state index in [1.807, 2.05) is 13.0 Å². The largest absolute Gasteiger partial charge is 0.378 e. The molecule has 3 aromatic rings. The van der Waals surface area contributed by atoms with E-state index in [0.29, 0.717) is 30.9 Å². The summed E-state index contributed by atoms with van der Waals surface area (Å²) in [6, 6.07) is 9.33. The van der Waals surface area contributed by atoms with Crippen LogP contribution in [0.2, 0.25) is 0 Å². The maximum Gasteiger partial charge on any atom is 0.167 e. The molecule has 0 aliphatic carbocycles. The maximum atomic E-state index is 15.0. The molecule has 1 heterocycles. The van der Waals surface area contributed by atoms with Gasteiger partial charge in [-0.3, -0.25) is 0 Å². The third-order valence-electron chi connectivity index (χ3n) is 6.89. The number of halogens is 5. The highest BCUT2D eigenvalue weighted by molar-refractivity contribution is 5.72. The Labute approximate surface area is 208 Å². The van der Waals surface area contributed by atoms with Gasteiger partial charge >= 0.3 is 0 Å². The molecule has 0 bridgehead atoms. The average Bonchev–Trinajstić information content (AvgIpc) is 2.88. The normalized spacial score (nSPS) is 17.8. The molecule has 1 aliphatic rings. The first-order chi connectivity index (χ1) is 17.3. The van der Waals surface area contributed by atoms with Gasteiger partial charge in [0.15, 0.2) is 23.3 Å². The zero-order valence-electron chi connectivity index (χ0n) is 20.2. The Morgan fingerprint density at radius 3 is 2.08 bits per heavy atom. The summed E-state index contributed by atoms with van der Waals surface area (Å²) in [5.41, 5.74) is -0.0958. The lowest BCUT2D eigenvalue weighted by atomic mass is 9.93. The van der Waals surface area contributed by atoms with Gasteiger partial charge in [-0.1, -0.05) is 55.8 Å². The van der Waals surface area contributed by atoms with Crippen LogP contribution in [0.25, 0.3) is 22.3 Å². The summed E-state index contributed by atoms with van der Waals surface area (Å²) < 4.78 is 79.9. The summed E-state index contributed by atoms with van der Waals surface area (Å²) in [6.45, 7) is 6.25. The van der Waals surface area contributed by atoms with Gasteiger partial charge in [-0.05, 0) is 54.9 Å². The fourth-order valence-electron chi connectivity index (χ4n) is 4.71. The zero-order chi connectivity index (χ0) is 25.8. The fraction of sp³-hybridized carbons (Fsp3) is 0.333. The van der Waals surface area contributed by atoms with E-state index < -0.39 is 34.6 Å². The molecule has 6 heteroatoms. The molecule has 0 saturated carbocycles. The van der Waals surface area contributed by atoms with Gasteiger partial charge in [-0.25, -0.2) is 22.0 Å². The number of hydrogen-bond acceptors (Lipinski definition) is 1. The van der Waals surface area contributed by atoms with Crippen molar-refractivity contribution in [3.63, 3.8) is 0 Å². The Morgan fingerprint density at radius 2 is 1.44 bits per heavy atom. The molecule has 1 saturated heterocycles. The molecule has 36 heavy (non-hydrogen) atoms. The van der Waals surface area contributed by atoms with Gasteiger partial charge in [0.25, 0.3) is 0 Å². The van der Waals surface area contributed by atoms with Crippen molar-refractivity contribution in [2.75, 3.05) is 6.61 Å². The van der Waals surface area contributed by atoms with Gasteiger partial charge in [0.05, 0.1) is 12.7 Å². The van der Waals surface area contributed by atoms with Crippen molar-refractivity contribution >= 4 is 0 Å². The van der Waals surface area contributed by atoms with E-state index in [2.05, 4.69) is 6.58 Å². The van der Waals surface area contributed by atoms with E-state index in [4.69, 9.17) is 4.74 Å². The van der Waals surface area contributed by atoms with Crippen LogP contribution in [0.1, 0.15) is 43.7 Å². The summed E-state index contributed by atoms with van der Waals surface area (Å²) in [4.78, 5) is 0. The van der Waals surface area contributed by atoms with Crippen LogP contribution in [-0.2, 0) is 17.6 Å². The van der Waals surface area contributed by atoms with Crippen LogP contribution < -0.4 is 0 Å². The molecule has 4 rings (SSSR count). The second kappa shape index (κ2) is 11.4. The van der Waals surface area contributed by atoms with Crippen LogP contribution in [0.15, 0.2) is 55.1 Å². The molecule has 190 valence electrons. The van der Waals surface area contributed by atoms with Crippen molar-refractivity contribution in [2.24, 2.45) is 5.92 Å². The molecule has 0 aromatic heterocycles. The number of aryl methyl sites for hydroxylation is 2. The van der Waals surface area contributed by atoms with E-state index >= 15 is 4.39 Å². The van der Waals surface area contributed by atoms with Crippen molar-refractivity contribution in [3.8, 4) is 22.3 Å². The molecule has 0 radical (unpaired) electrons. The Hall–Kier alpha value is -2.99.